The molecule has 0 fully saturated rings. The van der Waals surface area contributed by atoms with Gasteiger partial charge in [0.1, 0.15) is 5.82 Å². The van der Waals surface area contributed by atoms with Crippen molar-refractivity contribution >= 4 is 33.9 Å². The molecule has 13 heteroatoms. The van der Waals surface area contributed by atoms with Gasteiger partial charge in [0, 0.05) is 73.3 Å². The number of aromatic nitrogens is 1. The van der Waals surface area contributed by atoms with Gasteiger partial charge in [0.05, 0.1) is 17.0 Å². The molecular weight excluding hydrogens is 739 g/mol. The number of halogens is 7. The van der Waals surface area contributed by atoms with Gasteiger partial charge in [-0.3, -0.25) is 19.3 Å². The van der Waals surface area contributed by atoms with E-state index in [1.165, 1.54) is 29.2 Å². The van der Waals surface area contributed by atoms with E-state index in [1.807, 2.05) is 37.4 Å². The summed E-state index contributed by atoms with van der Waals surface area (Å²) >= 11 is 0. The molecule has 56 heavy (non-hydrogen) atoms. The van der Waals surface area contributed by atoms with Crippen LogP contribution in [0.5, 0.6) is 0 Å². The third kappa shape index (κ3) is 8.04. The molecule has 0 bridgehead atoms. The number of nitrogens with zero attached hydrogens (tertiary/aromatic N) is 3. The zero-order chi connectivity index (χ0) is 39.9. The van der Waals surface area contributed by atoms with Gasteiger partial charge in [-0.05, 0) is 78.2 Å². The Morgan fingerprint density at radius 1 is 0.768 bits per heavy atom. The van der Waals surface area contributed by atoms with Crippen molar-refractivity contribution in [2.75, 3.05) is 26.7 Å². The SMILES string of the molecule is CN1C[C@H](C(=O)N(CCC(=O)c2cccc(C(F)(F)F)c2)CCC(=O)c2cccc(C(F)(F)F)c2)C=C2c3cccc4c3c(cn4Cc3cccc(F)c3)C[C@H]21. The second kappa shape index (κ2) is 15.2. The summed E-state index contributed by atoms with van der Waals surface area (Å²) in [5.74, 6) is -2.80. The van der Waals surface area contributed by atoms with Crippen molar-refractivity contribution in [1.29, 1.82) is 0 Å². The van der Waals surface area contributed by atoms with Gasteiger partial charge in [0.2, 0.25) is 5.91 Å². The van der Waals surface area contributed by atoms with Gasteiger partial charge in [-0.25, -0.2) is 4.39 Å². The van der Waals surface area contributed by atoms with Crippen molar-refractivity contribution in [2.24, 2.45) is 5.92 Å². The van der Waals surface area contributed by atoms with E-state index in [1.54, 1.807) is 6.07 Å². The first-order valence-corrected chi connectivity index (χ1v) is 18.0. The number of hydrogen-bond donors (Lipinski definition) is 0. The van der Waals surface area contributed by atoms with Crippen LogP contribution in [0, 0.1) is 11.7 Å². The Morgan fingerprint density at radius 2 is 1.36 bits per heavy atom. The number of likely N-dealkylation sites (N-methyl/N-ethyl adjacent to an activating group) is 1. The Kier molecular flexibility index (Phi) is 10.5. The number of fused-ring (bicyclic) bond motifs is 2. The Hall–Kier alpha value is -5.56. The number of carbonyl (C=O) groups is 3. The van der Waals surface area contributed by atoms with Gasteiger partial charge in [-0.15, -0.1) is 0 Å². The van der Waals surface area contributed by atoms with E-state index in [-0.39, 0.29) is 55.5 Å². The minimum absolute atomic E-state index is 0.0828. The van der Waals surface area contributed by atoms with Crippen molar-refractivity contribution in [3.8, 4) is 0 Å². The zero-order valence-electron chi connectivity index (χ0n) is 30.1. The maximum atomic E-state index is 14.4. The summed E-state index contributed by atoms with van der Waals surface area (Å²) in [6.07, 6.45) is -5.44. The van der Waals surface area contributed by atoms with Gasteiger partial charge in [0.15, 0.2) is 11.6 Å². The molecule has 0 saturated carbocycles. The quantitative estimate of drug-likeness (QED) is 0.0993. The molecule has 1 aromatic heterocycles. The molecule has 1 aliphatic heterocycles. The van der Waals surface area contributed by atoms with Gasteiger partial charge in [-0.1, -0.05) is 54.6 Å². The predicted molar refractivity (Wildman–Crippen MR) is 196 cm³/mol. The van der Waals surface area contributed by atoms with Gasteiger partial charge in [-0.2, -0.15) is 26.3 Å². The molecule has 6 nitrogen and oxygen atoms in total. The average Bonchev–Trinajstić information content (AvgIpc) is 3.51. The first kappa shape index (κ1) is 38.7. The lowest BCUT2D eigenvalue weighted by Crippen LogP contribution is -2.48. The Labute approximate surface area is 317 Å². The molecule has 0 unspecified atom stereocenters. The molecule has 0 radical (unpaired) electrons. The second-order valence-electron chi connectivity index (χ2n) is 14.3. The summed E-state index contributed by atoms with van der Waals surface area (Å²) in [6.45, 7) is 0.256. The third-order valence-corrected chi connectivity index (χ3v) is 10.6. The van der Waals surface area contributed by atoms with Crippen molar-refractivity contribution < 1.29 is 45.1 Å². The van der Waals surface area contributed by atoms with E-state index in [2.05, 4.69) is 15.7 Å². The number of benzene rings is 4. The number of ketones is 2. The van der Waals surface area contributed by atoms with Gasteiger partial charge >= 0.3 is 12.4 Å². The highest BCUT2D eigenvalue weighted by atomic mass is 19.4. The van der Waals surface area contributed by atoms with Crippen LogP contribution in [0.2, 0.25) is 0 Å². The third-order valence-electron chi connectivity index (χ3n) is 10.6. The van der Waals surface area contributed by atoms with Crippen LogP contribution in [0.4, 0.5) is 30.7 Å². The topological polar surface area (TPSA) is 62.6 Å². The van der Waals surface area contributed by atoms with Crippen LogP contribution in [0.15, 0.2) is 103 Å². The molecule has 5 aromatic rings. The van der Waals surface area contributed by atoms with Crippen molar-refractivity contribution in [3.05, 3.63) is 148 Å². The molecule has 4 aromatic carbocycles. The molecule has 290 valence electrons. The molecule has 7 rings (SSSR count). The number of Topliss-reactive ketones (excluding diaryl/α,β-unsaturated/α-hetero) is 2. The monoisotopic (exact) mass is 775 g/mol. The first-order chi connectivity index (χ1) is 26.6. The number of rotatable bonds is 11. The van der Waals surface area contributed by atoms with Crippen molar-refractivity contribution in [2.45, 2.75) is 44.2 Å². The fraction of sp³-hybridized carbons (Fsp3) is 0.279. The molecule has 2 atom stereocenters. The van der Waals surface area contributed by atoms with Crippen LogP contribution in [0.25, 0.3) is 16.5 Å². The Morgan fingerprint density at radius 3 is 1.95 bits per heavy atom. The van der Waals surface area contributed by atoms with E-state index in [4.69, 9.17) is 0 Å². The van der Waals surface area contributed by atoms with Crippen LogP contribution >= 0.6 is 0 Å². The average molecular weight is 776 g/mol. The molecule has 0 saturated heterocycles. The highest BCUT2D eigenvalue weighted by Crippen LogP contribution is 2.42. The summed E-state index contributed by atoms with van der Waals surface area (Å²) < 4.78 is 96.4. The fourth-order valence-electron chi connectivity index (χ4n) is 7.81. The molecule has 2 aliphatic rings. The lowest BCUT2D eigenvalue weighted by atomic mass is 9.79. The molecule has 0 spiro atoms. The second-order valence-corrected chi connectivity index (χ2v) is 14.3. The summed E-state index contributed by atoms with van der Waals surface area (Å²) in [5.41, 5.74) is 2.33. The molecule has 0 N–H and O–H groups in total. The van der Waals surface area contributed by atoms with Crippen molar-refractivity contribution in [3.63, 3.8) is 0 Å². The largest absolute Gasteiger partial charge is 0.416 e. The lowest BCUT2D eigenvalue weighted by Gasteiger charge is -2.40. The fourth-order valence-corrected chi connectivity index (χ4v) is 7.81. The number of amides is 1. The van der Waals surface area contributed by atoms with Gasteiger partial charge < -0.3 is 9.47 Å². The summed E-state index contributed by atoms with van der Waals surface area (Å²) in [5, 5.41) is 1.02. The Balaban J connectivity index is 1.17. The first-order valence-electron chi connectivity index (χ1n) is 18.0. The highest BCUT2D eigenvalue weighted by Gasteiger charge is 2.38. The van der Waals surface area contributed by atoms with E-state index >= 15 is 0 Å². The summed E-state index contributed by atoms with van der Waals surface area (Å²) in [6, 6.07) is 20.2. The smallest absolute Gasteiger partial charge is 0.343 e. The summed E-state index contributed by atoms with van der Waals surface area (Å²) in [7, 11) is 1.89. The number of hydrogen-bond acceptors (Lipinski definition) is 4. The molecule has 2 heterocycles. The number of alkyl halides is 6. The van der Waals surface area contributed by atoms with E-state index < -0.39 is 46.9 Å². The highest BCUT2D eigenvalue weighted by molar-refractivity contribution is 6.00. The molecule has 1 aliphatic carbocycles. The van der Waals surface area contributed by atoms with Crippen molar-refractivity contribution in [1.82, 2.24) is 14.4 Å². The van der Waals surface area contributed by atoms with E-state index in [0.717, 1.165) is 69.6 Å². The minimum Gasteiger partial charge on any atom is -0.343 e. The summed E-state index contributed by atoms with van der Waals surface area (Å²) in [4.78, 5) is 44.2. The maximum absolute atomic E-state index is 14.4. The van der Waals surface area contributed by atoms with Crippen LogP contribution in [0.1, 0.15) is 61.4 Å². The van der Waals surface area contributed by atoms with E-state index in [9.17, 15) is 45.1 Å². The molecule has 1 amide bonds. The van der Waals surface area contributed by atoms with Crippen LogP contribution in [-0.2, 0) is 30.1 Å². The zero-order valence-corrected chi connectivity index (χ0v) is 30.1. The van der Waals surface area contributed by atoms with E-state index in [0.29, 0.717) is 13.0 Å². The predicted octanol–water partition coefficient (Wildman–Crippen LogP) is 9.11. The normalized spacial score (nSPS) is 17.0. The molecular formula is C43H36F7N3O3. The lowest BCUT2D eigenvalue weighted by molar-refractivity contribution is -0.138. The maximum Gasteiger partial charge on any atom is 0.416 e. The van der Waals surface area contributed by atoms with Crippen LogP contribution in [-0.4, -0.2) is 64.6 Å². The van der Waals surface area contributed by atoms with Crippen LogP contribution in [0.3, 0.4) is 0 Å². The van der Waals surface area contributed by atoms with Gasteiger partial charge in [0.25, 0.3) is 0 Å². The van der Waals surface area contributed by atoms with Crippen LogP contribution < -0.4 is 0 Å². The Bertz CT molecular complexity index is 2290. The standard InChI is InChI=1S/C43H36F7N3O3/c1-51-24-30(21-35-34-12-5-13-36-40(34)29(22-37(35)51)25-53(36)23-26-6-2-11-33(44)18-26)41(56)52(16-14-38(54)27-7-3-9-31(19-27)42(45,46)47)17-15-39(55)28-8-4-10-32(20-28)43(48,49)50/h2-13,18-21,25,30,37H,14-17,22-24H2,1H3/t30-,37-/m1/s1. The number of carbonyl (C=O) groups excluding carboxylic acids is 3. The minimum atomic E-state index is -4.67.